The van der Waals surface area contributed by atoms with E-state index in [4.69, 9.17) is 4.74 Å². The molecule has 1 aromatic heterocycles. The molecule has 7 nitrogen and oxygen atoms in total. The van der Waals surface area contributed by atoms with Crippen LogP contribution in [-0.2, 0) is 9.53 Å². The molecule has 0 bridgehead atoms. The minimum absolute atomic E-state index is 0.139. The predicted molar refractivity (Wildman–Crippen MR) is 127 cm³/mol. The average Bonchev–Trinajstić information content (AvgIpc) is 3.25. The number of anilines is 2. The van der Waals surface area contributed by atoms with Gasteiger partial charge in [0.1, 0.15) is 0 Å². The number of morpholine rings is 1. The number of carbonyl (C=O) groups is 1. The maximum atomic E-state index is 13.4. The van der Waals surface area contributed by atoms with E-state index >= 15 is 0 Å². The monoisotopic (exact) mass is 449 g/mol. The van der Waals surface area contributed by atoms with Crippen LogP contribution in [0.4, 0.5) is 11.6 Å². The molecule has 2 aromatic carbocycles. The molecule has 1 unspecified atom stereocenters. The molecule has 1 atom stereocenters. The molecule has 0 spiro atoms. The molecule has 3 heterocycles. The number of thioether (sulfide) groups is 1. The second kappa shape index (κ2) is 9.34. The SMILES string of the molecule is Cc1ccccc1-n1c(SC2CCCN(c3ccccc3)C2=O)nnc1N1CCOCC1. The number of hydrogen-bond donors (Lipinski definition) is 0. The van der Waals surface area contributed by atoms with E-state index in [0.717, 1.165) is 60.5 Å². The first-order chi connectivity index (χ1) is 15.7. The third kappa shape index (κ3) is 4.12. The third-order valence-corrected chi connectivity index (χ3v) is 7.17. The van der Waals surface area contributed by atoms with Crippen molar-refractivity contribution in [3.05, 3.63) is 60.2 Å². The molecule has 8 heteroatoms. The summed E-state index contributed by atoms with van der Waals surface area (Å²) in [5.74, 6) is 0.952. The first-order valence-electron chi connectivity index (χ1n) is 11.1. The number of carbonyl (C=O) groups excluding carboxylic acids is 1. The summed E-state index contributed by atoms with van der Waals surface area (Å²) in [5.41, 5.74) is 3.14. The standard InChI is InChI=1S/C24H27N5O2S/c1-18-8-5-6-11-20(18)29-23(27-14-16-31-17-15-27)25-26-24(29)32-21-12-7-13-28(22(21)30)19-9-3-2-4-10-19/h2-6,8-11,21H,7,12-17H2,1H3. The largest absolute Gasteiger partial charge is 0.378 e. The van der Waals surface area contributed by atoms with Crippen LogP contribution in [0.25, 0.3) is 5.69 Å². The van der Waals surface area contributed by atoms with Gasteiger partial charge in [-0.1, -0.05) is 48.2 Å². The van der Waals surface area contributed by atoms with E-state index in [-0.39, 0.29) is 11.2 Å². The van der Waals surface area contributed by atoms with Gasteiger partial charge in [-0.05, 0) is 43.5 Å². The summed E-state index contributed by atoms with van der Waals surface area (Å²) in [5, 5.41) is 9.69. The highest BCUT2D eigenvalue weighted by molar-refractivity contribution is 8.00. The number of benzene rings is 2. The zero-order valence-corrected chi connectivity index (χ0v) is 19.0. The zero-order chi connectivity index (χ0) is 21.9. The Bertz CT molecular complexity index is 1080. The molecule has 2 aliphatic rings. The van der Waals surface area contributed by atoms with Gasteiger partial charge >= 0.3 is 0 Å². The molecule has 0 radical (unpaired) electrons. The van der Waals surface area contributed by atoms with Gasteiger partial charge in [-0.15, -0.1) is 10.2 Å². The number of ether oxygens (including phenoxy) is 1. The van der Waals surface area contributed by atoms with E-state index in [0.29, 0.717) is 13.2 Å². The predicted octanol–water partition coefficient (Wildman–Crippen LogP) is 3.70. The fraction of sp³-hybridized carbons (Fsp3) is 0.375. The molecule has 2 aliphatic heterocycles. The van der Waals surface area contributed by atoms with Crippen LogP contribution in [0.2, 0.25) is 0 Å². The van der Waals surface area contributed by atoms with Crippen LogP contribution < -0.4 is 9.80 Å². The lowest BCUT2D eigenvalue weighted by Gasteiger charge is -2.32. The van der Waals surface area contributed by atoms with Crippen molar-refractivity contribution in [2.45, 2.75) is 30.2 Å². The van der Waals surface area contributed by atoms with Crippen molar-refractivity contribution < 1.29 is 9.53 Å². The molecule has 0 aliphatic carbocycles. The maximum Gasteiger partial charge on any atom is 0.240 e. The second-order valence-electron chi connectivity index (χ2n) is 8.08. The summed E-state index contributed by atoms with van der Waals surface area (Å²) in [7, 11) is 0. The van der Waals surface area contributed by atoms with Gasteiger partial charge in [0.15, 0.2) is 5.16 Å². The number of aromatic nitrogens is 3. The van der Waals surface area contributed by atoms with Crippen LogP contribution in [0.15, 0.2) is 59.8 Å². The lowest BCUT2D eigenvalue weighted by molar-refractivity contribution is -0.119. The third-order valence-electron chi connectivity index (χ3n) is 5.97. The Labute approximate surface area is 192 Å². The van der Waals surface area contributed by atoms with E-state index in [2.05, 4.69) is 38.7 Å². The Morgan fingerprint density at radius 2 is 1.72 bits per heavy atom. The average molecular weight is 450 g/mol. The van der Waals surface area contributed by atoms with Crippen LogP contribution in [0, 0.1) is 6.92 Å². The van der Waals surface area contributed by atoms with Crippen LogP contribution in [-0.4, -0.2) is 58.8 Å². The Hall–Kier alpha value is -2.84. The van der Waals surface area contributed by atoms with E-state index in [1.165, 1.54) is 11.8 Å². The summed E-state index contributed by atoms with van der Waals surface area (Å²) in [6.07, 6.45) is 1.80. The number of nitrogens with zero attached hydrogens (tertiary/aromatic N) is 5. The zero-order valence-electron chi connectivity index (χ0n) is 18.2. The molecular weight excluding hydrogens is 422 g/mol. The van der Waals surface area contributed by atoms with Crippen molar-refractivity contribution in [3.8, 4) is 5.69 Å². The maximum absolute atomic E-state index is 13.4. The molecule has 166 valence electrons. The Kier molecular flexibility index (Phi) is 6.14. The molecule has 2 fully saturated rings. The first kappa shape index (κ1) is 21.0. The highest BCUT2D eigenvalue weighted by Gasteiger charge is 2.33. The summed E-state index contributed by atoms with van der Waals surface area (Å²) >= 11 is 1.53. The van der Waals surface area contributed by atoms with Crippen molar-refractivity contribution in [1.82, 2.24) is 14.8 Å². The van der Waals surface area contributed by atoms with Crippen LogP contribution >= 0.6 is 11.8 Å². The van der Waals surface area contributed by atoms with Gasteiger partial charge in [-0.2, -0.15) is 0 Å². The van der Waals surface area contributed by atoms with Crippen molar-refractivity contribution in [2.75, 3.05) is 42.6 Å². The van der Waals surface area contributed by atoms with E-state index in [1.54, 1.807) is 0 Å². The smallest absolute Gasteiger partial charge is 0.240 e. The van der Waals surface area contributed by atoms with Gasteiger partial charge in [0.25, 0.3) is 0 Å². The minimum Gasteiger partial charge on any atom is -0.378 e. The molecule has 1 amide bonds. The number of piperidine rings is 1. The minimum atomic E-state index is -0.187. The molecule has 32 heavy (non-hydrogen) atoms. The van der Waals surface area contributed by atoms with Crippen LogP contribution in [0.1, 0.15) is 18.4 Å². The van der Waals surface area contributed by atoms with Crippen molar-refractivity contribution in [1.29, 1.82) is 0 Å². The molecule has 0 N–H and O–H groups in total. The molecule has 2 saturated heterocycles. The Morgan fingerprint density at radius 1 is 0.969 bits per heavy atom. The van der Waals surface area contributed by atoms with Crippen LogP contribution in [0.3, 0.4) is 0 Å². The highest BCUT2D eigenvalue weighted by atomic mass is 32.2. The van der Waals surface area contributed by atoms with E-state index in [1.807, 2.05) is 47.4 Å². The number of rotatable bonds is 5. The number of para-hydroxylation sites is 2. The Balaban J connectivity index is 1.47. The van der Waals surface area contributed by atoms with Gasteiger partial charge in [0, 0.05) is 25.3 Å². The van der Waals surface area contributed by atoms with Crippen molar-refractivity contribution in [3.63, 3.8) is 0 Å². The summed E-state index contributed by atoms with van der Waals surface area (Å²) in [4.78, 5) is 17.5. The first-order valence-corrected chi connectivity index (χ1v) is 12.0. The molecular formula is C24H27N5O2S. The fourth-order valence-electron chi connectivity index (χ4n) is 4.27. The number of aryl methyl sites for hydroxylation is 1. The fourth-order valence-corrected chi connectivity index (χ4v) is 5.42. The van der Waals surface area contributed by atoms with E-state index in [9.17, 15) is 4.79 Å². The van der Waals surface area contributed by atoms with Gasteiger partial charge in [0.2, 0.25) is 11.9 Å². The molecule has 3 aromatic rings. The lowest BCUT2D eigenvalue weighted by Crippen LogP contribution is -2.43. The number of amides is 1. The quantitative estimate of drug-likeness (QED) is 0.592. The summed E-state index contributed by atoms with van der Waals surface area (Å²) < 4.78 is 7.64. The highest BCUT2D eigenvalue weighted by Crippen LogP contribution is 2.35. The van der Waals surface area contributed by atoms with Gasteiger partial charge in [-0.3, -0.25) is 9.36 Å². The molecule has 0 saturated carbocycles. The Morgan fingerprint density at radius 3 is 2.50 bits per heavy atom. The second-order valence-corrected chi connectivity index (χ2v) is 9.25. The normalized spacial score (nSPS) is 19.4. The van der Waals surface area contributed by atoms with Gasteiger partial charge < -0.3 is 14.5 Å². The van der Waals surface area contributed by atoms with Gasteiger partial charge in [-0.25, -0.2) is 0 Å². The lowest BCUT2D eigenvalue weighted by atomic mass is 10.1. The van der Waals surface area contributed by atoms with Crippen molar-refractivity contribution >= 4 is 29.3 Å². The molecule has 5 rings (SSSR count). The van der Waals surface area contributed by atoms with Gasteiger partial charge in [0.05, 0.1) is 24.2 Å². The van der Waals surface area contributed by atoms with Crippen molar-refractivity contribution in [2.24, 2.45) is 0 Å². The van der Waals surface area contributed by atoms with E-state index < -0.39 is 0 Å². The van der Waals surface area contributed by atoms with Crippen LogP contribution in [0.5, 0.6) is 0 Å². The topological polar surface area (TPSA) is 63.5 Å². The summed E-state index contributed by atoms with van der Waals surface area (Å²) in [6.45, 7) is 5.75. The summed E-state index contributed by atoms with van der Waals surface area (Å²) in [6, 6.07) is 18.2. The number of hydrogen-bond acceptors (Lipinski definition) is 6.